The Labute approximate surface area is 120 Å². The van der Waals surface area contributed by atoms with Gasteiger partial charge in [0.1, 0.15) is 6.61 Å². The van der Waals surface area contributed by atoms with E-state index in [0.29, 0.717) is 6.61 Å². The van der Waals surface area contributed by atoms with Gasteiger partial charge in [-0.2, -0.15) is 0 Å². The first kappa shape index (κ1) is 13.5. The zero-order valence-electron chi connectivity index (χ0n) is 11.9. The van der Waals surface area contributed by atoms with Crippen LogP contribution in [-0.2, 0) is 0 Å². The summed E-state index contributed by atoms with van der Waals surface area (Å²) < 4.78 is 11.8. The lowest BCUT2D eigenvalue weighted by atomic mass is 9.92. The van der Waals surface area contributed by atoms with Gasteiger partial charge in [-0.25, -0.2) is 0 Å². The first-order valence-corrected chi connectivity index (χ1v) is 7.67. The van der Waals surface area contributed by atoms with Crippen molar-refractivity contribution in [2.75, 3.05) is 6.61 Å². The van der Waals surface area contributed by atoms with Crippen LogP contribution in [0.15, 0.2) is 35.9 Å². The minimum absolute atomic E-state index is 0.0542. The molecule has 0 radical (unpaired) electrons. The van der Waals surface area contributed by atoms with Crippen LogP contribution in [0, 0.1) is 0 Å². The lowest BCUT2D eigenvalue weighted by Crippen LogP contribution is -2.46. The average molecular weight is 273 g/mol. The van der Waals surface area contributed by atoms with Gasteiger partial charge < -0.3 is 15.2 Å². The van der Waals surface area contributed by atoms with Crippen LogP contribution in [0.25, 0.3) is 0 Å². The van der Waals surface area contributed by atoms with Crippen molar-refractivity contribution in [3.63, 3.8) is 0 Å². The second-order valence-electron chi connectivity index (χ2n) is 5.67. The molecular formula is C17H23NO2. The molecule has 0 saturated heterocycles. The monoisotopic (exact) mass is 273 g/mol. The number of para-hydroxylation sites is 2. The summed E-state index contributed by atoms with van der Waals surface area (Å²) in [6, 6.07) is 7.75. The molecule has 1 aromatic carbocycles. The lowest BCUT2D eigenvalue weighted by molar-refractivity contribution is 0.0791. The summed E-state index contributed by atoms with van der Waals surface area (Å²) in [7, 11) is 0. The molecule has 2 unspecified atom stereocenters. The lowest BCUT2D eigenvalue weighted by Gasteiger charge is -2.32. The van der Waals surface area contributed by atoms with Crippen molar-refractivity contribution >= 4 is 0 Å². The van der Waals surface area contributed by atoms with Crippen LogP contribution in [0.4, 0.5) is 0 Å². The normalized spacial score (nSPS) is 26.9. The Morgan fingerprint density at radius 2 is 1.85 bits per heavy atom. The molecule has 3 heteroatoms. The molecule has 0 aromatic heterocycles. The summed E-state index contributed by atoms with van der Waals surface area (Å²) in [4.78, 5) is 0. The quantitative estimate of drug-likeness (QED) is 0.840. The largest absolute Gasteiger partial charge is 0.486 e. The summed E-state index contributed by atoms with van der Waals surface area (Å²) in [5.41, 5.74) is 7.77. The molecule has 1 heterocycles. The van der Waals surface area contributed by atoms with E-state index in [4.69, 9.17) is 15.2 Å². The maximum absolute atomic E-state index is 6.43. The zero-order valence-corrected chi connectivity index (χ0v) is 11.9. The van der Waals surface area contributed by atoms with Gasteiger partial charge in [-0.3, -0.25) is 0 Å². The average Bonchev–Trinajstić information content (AvgIpc) is 2.46. The fourth-order valence-electron chi connectivity index (χ4n) is 2.97. The summed E-state index contributed by atoms with van der Waals surface area (Å²) in [6.45, 7) is 0.537. The van der Waals surface area contributed by atoms with Crippen LogP contribution in [-0.4, -0.2) is 18.8 Å². The Hall–Kier alpha value is -1.48. The van der Waals surface area contributed by atoms with Gasteiger partial charge in [0, 0.05) is 0 Å². The van der Waals surface area contributed by atoms with Crippen LogP contribution in [0.1, 0.15) is 38.5 Å². The zero-order chi connectivity index (χ0) is 13.8. The van der Waals surface area contributed by atoms with E-state index < -0.39 is 0 Å². The number of fused-ring (bicyclic) bond motifs is 1. The maximum atomic E-state index is 6.43. The number of ether oxygens (including phenoxy) is 2. The van der Waals surface area contributed by atoms with Crippen molar-refractivity contribution in [1.29, 1.82) is 0 Å². The second-order valence-corrected chi connectivity index (χ2v) is 5.67. The van der Waals surface area contributed by atoms with E-state index in [1.165, 1.54) is 31.3 Å². The summed E-state index contributed by atoms with van der Waals surface area (Å²) >= 11 is 0. The number of nitrogens with two attached hydrogens (primary N) is 1. The standard InChI is InChI=1S/C17H23NO2/c18-17(13-8-4-2-1-3-5-9-13)16-12-19-14-10-6-7-11-15(14)20-16/h6-8,10-11,16-17H,1-5,9,12,18H2/b13-8+. The fourth-order valence-corrected chi connectivity index (χ4v) is 2.97. The maximum Gasteiger partial charge on any atom is 0.161 e. The molecule has 2 atom stereocenters. The number of allylic oxidation sites excluding steroid dienone is 1. The van der Waals surface area contributed by atoms with Gasteiger partial charge in [-0.1, -0.05) is 36.6 Å². The minimum atomic E-state index is -0.0735. The van der Waals surface area contributed by atoms with Crippen LogP contribution < -0.4 is 15.2 Å². The van der Waals surface area contributed by atoms with Gasteiger partial charge in [0.15, 0.2) is 17.6 Å². The highest BCUT2D eigenvalue weighted by molar-refractivity contribution is 5.41. The van der Waals surface area contributed by atoms with E-state index in [-0.39, 0.29) is 12.1 Å². The molecule has 2 N–H and O–H groups in total. The highest BCUT2D eigenvalue weighted by Gasteiger charge is 2.28. The topological polar surface area (TPSA) is 44.5 Å². The number of benzene rings is 1. The van der Waals surface area contributed by atoms with E-state index in [1.807, 2.05) is 24.3 Å². The third kappa shape index (κ3) is 2.98. The Balaban J connectivity index is 1.70. The molecule has 1 aromatic rings. The van der Waals surface area contributed by atoms with Crippen molar-refractivity contribution < 1.29 is 9.47 Å². The predicted molar refractivity (Wildman–Crippen MR) is 80.1 cm³/mol. The SMILES string of the molecule is NC(/C1=C/CCCCCC1)C1COc2ccccc2O1. The van der Waals surface area contributed by atoms with Crippen molar-refractivity contribution in [3.05, 3.63) is 35.9 Å². The predicted octanol–water partition coefficient (Wildman–Crippen LogP) is 3.43. The van der Waals surface area contributed by atoms with E-state index >= 15 is 0 Å². The Morgan fingerprint density at radius 3 is 2.75 bits per heavy atom. The number of rotatable bonds is 2. The molecule has 3 rings (SSSR count). The van der Waals surface area contributed by atoms with Gasteiger partial charge in [0.05, 0.1) is 6.04 Å². The van der Waals surface area contributed by atoms with E-state index in [0.717, 1.165) is 24.3 Å². The third-order valence-electron chi connectivity index (χ3n) is 4.19. The van der Waals surface area contributed by atoms with E-state index in [2.05, 4.69) is 6.08 Å². The van der Waals surface area contributed by atoms with E-state index in [1.54, 1.807) is 0 Å². The van der Waals surface area contributed by atoms with Gasteiger partial charge in [-0.05, 0) is 37.8 Å². The summed E-state index contributed by atoms with van der Waals surface area (Å²) in [6.07, 6.45) is 9.68. The van der Waals surface area contributed by atoms with Crippen molar-refractivity contribution in [2.45, 2.75) is 50.7 Å². The first-order chi connectivity index (χ1) is 9.84. The van der Waals surface area contributed by atoms with Gasteiger partial charge in [-0.15, -0.1) is 0 Å². The van der Waals surface area contributed by atoms with Crippen LogP contribution >= 0.6 is 0 Å². The first-order valence-electron chi connectivity index (χ1n) is 7.67. The second kappa shape index (κ2) is 6.31. The Morgan fingerprint density at radius 1 is 1.05 bits per heavy atom. The molecule has 1 aliphatic heterocycles. The Kier molecular flexibility index (Phi) is 4.26. The minimum Gasteiger partial charge on any atom is -0.486 e. The molecule has 0 bridgehead atoms. The number of hydrogen-bond donors (Lipinski definition) is 1. The molecule has 0 spiro atoms. The van der Waals surface area contributed by atoms with Crippen molar-refractivity contribution in [2.24, 2.45) is 5.73 Å². The summed E-state index contributed by atoms with van der Waals surface area (Å²) in [5.74, 6) is 1.63. The molecule has 2 aliphatic rings. The molecule has 3 nitrogen and oxygen atoms in total. The molecule has 0 saturated carbocycles. The molecule has 0 fully saturated rings. The third-order valence-corrected chi connectivity index (χ3v) is 4.19. The van der Waals surface area contributed by atoms with Gasteiger partial charge in [0.2, 0.25) is 0 Å². The molecule has 0 amide bonds. The van der Waals surface area contributed by atoms with Crippen molar-refractivity contribution in [1.82, 2.24) is 0 Å². The van der Waals surface area contributed by atoms with Crippen LogP contribution in [0.3, 0.4) is 0 Å². The van der Waals surface area contributed by atoms with Crippen LogP contribution in [0.5, 0.6) is 11.5 Å². The molecular weight excluding hydrogens is 250 g/mol. The van der Waals surface area contributed by atoms with Crippen molar-refractivity contribution in [3.8, 4) is 11.5 Å². The number of hydrogen-bond acceptors (Lipinski definition) is 3. The fraction of sp³-hybridized carbons (Fsp3) is 0.529. The molecule has 1 aliphatic carbocycles. The van der Waals surface area contributed by atoms with Gasteiger partial charge >= 0.3 is 0 Å². The van der Waals surface area contributed by atoms with Crippen LogP contribution in [0.2, 0.25) is 0 Å². The highest BCUT2D eigenvalue weighted by atomic mass is 16.6. The molecule has 20 heavy (non-hydrogen) atoms. The van der Waals surface area contributed by atoms with Gasteiger partial charge in [0.25, 0.3) is 0 Å². The molecule has 108 valence electrons. The highest BCUT2D eigenvalue weighted by Crippen LogP contribution is 2.32. The smallest absolute Gasteiger partial charge is 0.161 e. The Bertz CT molecular complexity index is 484. The van der Waals surface area contributed by atoms with E-state index in [9.17, 15) is 0 Å². The summed E-state index contributed by atoms with van der Waals surface area (Å²) in [5, 5.41) is 0.